The molecule has 0 amide bonds. The van der Waals surface area contributed by atoms with E-state index < -0.39 is 0 Å². The van der Waals surface area contributed by atoms with Gasteiger partial charge in [-0.3, -0.25) is 0 Å². The summed E-state index contributed by atoms with van der Waals surface area (Å²) in [6.45, 7) is 3.40. The van der Waals surface area contributed by atoms with E-state index in [1.165, 1.54) is 30.4 Å². The lowest BCUT2D eigenvalue weighted by Gasteiger charge is -2.37. The van der Waals surface area contributed by atoms with Crippen molar-refractivity contribution in [1.29, 1.82) is 0 Å². The van der Waals surface area contributed by atoms with E-state index >= 15 is 0 Å². The van der Waals surface area contributed by atoms with Gasteiger partial charge in [0.1, 0.15) is 13.2 Å². The fourth-order valence-electron chi connectivity index (χ4n) is 3.47. The molecule has 0 unspecified atom stereocenters. The maximum Gasteiger partial charge on any atom is 0.175 e. The first-order valence-electron chi connectivity index (χ1n) is 7.56. The predicted octanol–water partition coefficient (Wildman–Crippen LogP) is 3.90. The molecule has 110 valence electrons. The Morgan fingerprint density at radius 1 is 1.15 bits per heavy atom. The van der Waals surface area contributed by atoms with Crippen LogP contribution >= 0.6 is 15.9 Å². The average molecular weight is 340 g/mol. The average Bonchev–Trinajstić information content (AvgIpc) is 2.48. The predicted molar refractivity (Wildman–Crippen MR) is 83.5 cm³/mol. The van der Waals surface area contributed by atoms with Crippen LogP contribution in [0.4, 0.5) is 0 Å². The molecule has 4 heteroatoms. The van der Waals surface area contributed by atoms with E-state index in [-0.39, 0.29) is 5.54 Å². The fraction of sp³-hybridized carbons (Fsp3) is 0.625. The Bertz CT molecular complexity index is 510. The molecule has 1 aliphatic heterocycles. The summed E-state index contributed by atoms with van der Waals surface area (Å²) in [5.74, 6) is 1.75. The summed E-state index contributed by atoms with van der Waals surface area (Å²) in [6.07, 6.45) is 6.77. The number of benzene rings is 1. The summed E-state index contributed by atoms with van der Waals surface area (Å²) in [6, 6.07) is 2.16. The van der Waals surface area contributed by atoms with Gasteiger partial charge in [0.05, 0.1) is 4.47 Å². The van der Waals surface area contributed by atoms with Crippen LogP contribution < -0.4 is 15.2 Å². The van der Waals surface area contributed by atoms with E-state index in [1.807, 2.05) is 0 Å². The minimum Gasteiger partial charge on any atom is -0.486 e. The van der Waals surface area contributed by atoms with Gasteiger partial charge in [-0.2, -0.15) is 0 Å². The second-order valence-corrected chi connectivity index (χ2v) is 6.66. The zero-order valence-corrected chi connectivity index (χ0v) is 13.6. The largest absolute Gasteiger partial charge is 0.486 e. The van der Waals surface area contributed by atoms with Crippen molar-refractivity contribution in [3.05, 3.63) is 21.7 Å². The molecule has 2 N–H and O–H groups in total. The van der Waals surface area contributed by atoms with Crippen LogP contribution in [0.15, 0.2) is 10.5 Å². The summed E-state index contributed by atoms with van der Waals surface area (Å²) >= 11 is 3.63. The first-order valence-corrected chi connectivity index (χ1v) is 8.35. The maximum atomic E-state index is 6.74. The number of rotatable bonds is 2. The molecule has 0 atom stereocenters. The topological polar surface area (TPSA) is 44.5 Å². The molecule has 2 aliphatic rings. The van der Waals surface area contributed by atoms with Gasteiger partial charge in [-0.25, -0.2) is 0 Å². The molecule has 0 aromatic heterocycles. The van der Waals surface area contributed by atoms with Gasteiger partial charge < -0.3 is 15.2 Å². The van der Waals surface area contributed by atoms with Gasteiger partial charge in [0.2, 0.25) is 0 Å². The molecule has 0 bridgehead atoms. The highest BCUT2D eigenvalue weighted by Gasteiger charge is 2.34. The molecular weight excluding hydrogens is 318 g/mol. The van der Waals surface area contributed by atoms with Gasteiger partial charge in [-0.1, -0.05) is 26.2 Å². The minimum atomic E-state index is -0.206. The highest BCUT2D eigenvalue weighted by Crippen LogP contribution is 2.47. The van der Waals surface area contributed by atoms with Gasteiger partial charge in [-0.15, -0.1) is 0 Å². The Labute approximate surface area is 129 Å². The summed E-state index contributed by atoms with van der Waals surface area (Å²) in [4.78, 5) is 0. The summed E-state index contributed by atoms with van der Waals surface area (Å²) < 4.78 is 12.6. The second-order valence-electron chi connectivity index (χ2n) is 5.81. The minimum absolute atomic E-state index is 0.206. The van der Waals surface area contributed by atoms with Crippen LogP contribution in [0.3, 0.4) is 0 Å². The molecular formula is C16H22BrNO2. The van der Waals surface area contributed by atoms with Gasteiger partial charge in [0, 0.05) is 11.1 Å². The normalized spacial score (nSPS) is 20.8. The van der Waals surface area contributed by atoms with Gasteiger partial charge >= 0.3 is 0 Å². The lowest BCUT2D eigenvalue weighted by molar-refractivity contribution is 0.167. The number of hydrogen-bond donors (Lipinski definition) is 1. The molecule has 1 aromatic carbocycles. The molecule has 1 saturated carbocycles. The highest BCUT2D eigenvalue weighted by atomic mass is 79.9. The van der Waals surface area contributed by atoms with E-state index in [0.717, 1.165) is 35.2 Å². The van der Waals surface area contributed by atoms with E-state index in [2.05, 4.69) is 28.9 Å². The lowest BCUT2D eigenvalue weighted by Crippen LogP contribution is -2.39. The summed E-state index contributed by atoms with van der Waals surface area (Å²) in [5.41, 5.74) is 9.01. The second kappa shape index (κ2) is 5.57. The standard InChI is InChI=1S/C16H22BrNO2/c1-2-11-12(16(18)6-4-3-5-7-16)10-13(17)15-14(11)19-8-9-20-15/h10H,2-9,18H2,1H3. The third kappa shape index (κ3) is 2.33. The molecule has 0 radical (unpaired) electrons. The smallest absolute Gasteiger partial charge is 0.175 e. The molecule has 1 heterocycles. The Morgan fingerprint density at radius 3 is 2.45 bits per heavy atom. The molecule has 0 saturated heterocycles. The third-order valence-electron chi connectivity index (χ3n) is 4.51. The molecule has 3 rings (SSSR count). The van der Waals surface area contributed by atoms with Crippen LogP contribution in [0.5, 0.6) is 11.5 Å². The van der Waals surface area contributed by atoms with Crippen LogP contribution in [0.25, 0.3) is 0 Å². The number of ether oxygens (including phenoxy) is 2. The number of fused-ring (bicyclic) bond motifs is 1. The highest BCUT2D eigenvalue weighted by molar-refractivity contribution is 9.10. The number of hydrogen-bond acceptors (Lipinski definition) is 3. The molecule has 1 aromatic rings. The van der Waals surface area contributed by atoms with Gasteiger partial charge in [0.15, 0.2) is 11.5 Å². The van der Waals surface area contributed by atoms with Crippen molar-refractivity contribution in [2.75, 3.05) is 13.2 Å². The quantitative estimate of drug-likeness (QED) is 0.888. The van der Waals surface area contributed by atoms with Crippen LogP contribution in [0, 0.1) is 0 Å². The Balaban J connectivity index is 2.12. The summed E-state index contributed by atoms with van der Waals surface area (Å²) in [7, 11) is 0. The Morgan fingerprint density at radius 2 is 1.80 bits per heavy atom. The molecule has 3 nitrogen and oxygen atoms in total. The van der Waals surface area contributed by atoms with Crippen LogP contribution in [0.1, 0.15) is 50.2 Å². The molecule has 0 spiro atoms. The monoisotopic (exact) mass is 339 g/mol. The number of halogens is 1. The van der Waals surface area contributed by atoms with E-state index in [9.17, 15) is 0 Å². The molecule has 20 heavy (non-hydrogen) atoms. The zero-order valence-electron chi connectivity index (χ0n) is 12.0. The van der Waals surface area contributed by atoms with E-state index in [4.69, 9.17) is 15.2 Å². The van der Waals surface area contributed by atoms with E-state index in [0.29, 0.717) is 13.2 Å². The van der Waals surface area contributed by atoms with Crippen molar-refractivity contribution in [2.45, 2.75) is 51.0 Å². The lowest BCUT2D eigenvalue weighted by atomic mass is 9.75. The van der Waals surface area contributed by atoms with Crippen LogP contribution in [0.2, 0.25) is 0 Å². The van der Waals surface area contributed by atoms with Crippen molar-refractivity contribution in [2.24, 2.45) is 5.73 Å². The third-order valence-corrected chi connectivity index (χ3v) is 5.09. The van der Waals surface area contributed by atoms with Crippen LogP contribution in [-0.2, 0) is 12.0 Å². The van der Waals surface area contributed by atoms with Gasteiger partial charge in [-0.05, 0) is 46.8 Å². The first kappa shape index (κ1) is 14.2. The first-order chi connectivity index (χ1) is 9.65. The van der Waals surface area contributed by atoms with Crippen molar-refractivity contribution in [3.63, 3.8) is 0 Å². The SMILES string of the molecule is CCc1c(C2(N)CCCCC2)cc(Br)c2c1OCCO2. The Hall–Kier alpha value is -0.740. The van der Waals surface area contributed by atoms with Crippen molar-refractivity contribution >= 4 is 15.9 Å². The fourth-order valence-corrected chi connectivity index (χ4v) is 3.99. The van der Waals surface area contributed by atoms with Gasteiger partial charge in [0.25, 0.3) is 0 Å². The van der Waals surface area contributed by atoms with Crippen molar-refractivity contribution < 1.29 is 9.47 Å². The number of nitrogens with two attached hydrogens (primary N) is 1. The van der Waals surface area contributed by atoms with Crippen LogP contribution in [-0.4, -0.2) is 13.2 Å². The van der Waals surface area contributed by atoms with Crippen molar-refractivity contribution in [1.82, 2.24) is 0 Å². The molecule has 1 fully saturated rings. The Kier molecular flexibility index (Phi) is 3.95. The maximum absolute atomic E-state index is 6.74. The zero-order chi connectivity index (χ0) is 14.2. The summed E-state index contributed by atoms with van der Waals surface area (Å²) in [5, 5.41) is 0. The molecule has 1 aliphatic carbocycles. The van der Waals surface area contributed by atoms with E-state index in [1.54, 1.807) is 0 Å². The van der Waals surface area contributed by atoms with Crippen molar-refractivity contribution in [3.8, 4) is 11.5 Å².